The van der Waals surface area contributed by atoms with Crippen LogP contribution >= 0.6 is 0 Å². The highest BCUT2D eigenvalue weighted by molar-refractivity contribution is 5.20. The minimum absolute atomic E-state index is 0.228. The minimum atomic E-state index is -0.228. The van der Waals surface area contributed by atoms with E-state index in [9.17, 15) is 5.26 Å². The largest absolute Gasteiger partial charge is 0.299 e. The van der Waals surface area contributed by atoms with E-state index in [0.717, 1.165) is 19.4 Å². The summed E-state index contributed by atoms with van der Waals surface area (Å²) >= 11 is 0. The zero-order chi connectivity index (χ0) is 9.86. The van der Waals surface area contributed by atoms with Crippen molar-refractivity contribution in [1.82, 2.24) is 5.32 Å². The first-order valence-corrected chi connectivity index (χ1v) is 5.69. The molecule has 0 bridgehead atoms. The maximum Gasteiger partial charge on any atom is 0.110 e. The van der Waals surface area contributed by atoms with E-state index in [2.05, 4.69) is 17.5 Å². The molecule has 1 aliphatic carbocycles. The molecule has 1 saturated heterocycles. The lowest BCUT2D eigenvalue weighted by atomic mass is 9.84. The van der Waals surface area contributed by atoms with Crippen LogP contribution in [-0.4, -0.2) is 12.1 Å². The van der Waals surface area contributed by atoms with Gasteiger partial charge in [0.2, 0.25) is 0 Å². The Kier molecular flexibility index (Phi) is 2.88. The van der Waals surface area contributed by atoms with Crippen molar-refractivity contribution >= 4 is 0 Å². The van der Waals surface area contributed by atoms with Gasteiger partial charge in [0.15, 0.2) is 0 Å². The molecule has 1 fully saturated rings. The first kappa shape index (κ1) is 9.73. The zero-order valence-corrected chi connectivity index (χ0v) is 8.68. The number of nitrogens with one attached hydrogen (secondary N) is 1. The van der Waals surface area contributed by atoms with Gasteiger partial charge in [-0.25, -0.2) is 0 Å². The van der Waals surface area contributed by atoms with Crippen molar-refractivity contribution in [2.45, 2.75) is 50.5 Å². The van der Waals surface area contributed by atoms with Crippen molar-refractivity contribution in [2.24, 2.45) is 0 Å². The second kappa shape index (κ2) is 4.14. The standard InChI is InChI=1S/C12H18N2/c13-10-12(7-3-4-8-14-12)9-11-5-1-2-6-11/h5,14H,1-4,6-9H2. The van der Waals surface area contributed by atoms with Crippen molar-refractivity contribution in [3.63, 3.8) is 0 Å². The van der Waals surface area contributed by atoms with Crippen molar-refractivity contribution in [3.05, 3.63) is 11.6 Å². The Morgan fingerprint density at radius 1 is 1.43 bits per heavy atom. The number of hydrogen-bond donors (Lipinski definition) is 1. The van der Waals surface area contributed by atoms with E-state index in [1.807, 2.05) is 0 Å². The lowest BCUT2D eigenvalue weighted by Gasteiger charge is -2.32. The van der Waals surface area contributed by atoms with Crippen LogP contribution in [0.2, 0.25) is 0 Å². The number of rotatable bonds is 2. The Bertz CT molecular complexity index is 267. The van der Waals surface area contributed by atoms with Gasteiger partial charge < -0.3 is 0 Å². The van der Waals surface area contributed by atoms with Crippen LogP contribution in [0.25, 0.3) is 0 Å². The molecule has 14 heavy (non-hydrogen) atoms. The van der Waals surface area contributed by atoms with E-state index in [0.29, 0.717) is 0 Å². The molecule has 0 aromatic carbocycles. The monoisotopic (exact) mass is 190 g/mol. The third-order valence-corrected chi connectivity index (χ3v) is 3.37. The van der Waals surface area contributed by atoms with Crippen LogP contribution in [-0.2, 0) is 0 Å². The lowest BCUT2D eigenvalue weighted by Crippen LogP contribution is -2.47. The van der Waals surface area contributed by atoms with Crippen molar-refractivity contribution in [2.75, 3.05) is 6.54 Å². The number of piperidine rings is 1. The second-order valence-corrected chi connectivity index (χ2v) is 4.51. The number of allylic oxidation sites excluding steroid dienone is 1. The highest BCUT2D eigenvalue weighted by atomic mass is 15.0. The third-order valence-electron chi connectivity index (χ3n) is 3.37. The van der Waals surface area contributed by atoms with Crippen LogP contribution in [0.4, 0.5) is 0 Å². The van der Waals surface area contributed by atoms with Crippen LogP contribution in [0.3, 0.4) is 0 Å². The minimum Gasteiger partial charge on any atom is -0.299 e. The fourth-order valence-electron chi connectivity index (χ4n) is 2.54. The first-order chi connectivity index (χ1) is 6.85. The molecule has 0 aromatic heterocycles. The van der Waals surface area contributed by atoms with E-state index in [1.54, 1.807) is 0 Å². The first-order valence-electron chi connectivity index (χ1n) is 5.69. The molecule has 0 radical (unpaired) electrons. The molecule has 0 saturated carbocycles. The summed E-state index contributed by atoms with van der Waals surface area (Å²) in [6.07, 6.45) is 10.5. The maximum atomic E-state index is 9.26. The third kappa shape index (κ3) is 1.99. The normalized spacial score (nSPS) is 32.4. The van der Waals surface area contributed by atoms with Gasteiger partial charge in [-0.3, -0.25) is 5.32 Å². The molecular weight excluding hydrogens is 172 g/mol. The van der Waals surface area contributed by atoms with Gasteiger partial charge in [0, 0.05) is 0 Å². The van der Waals surface area contributed by atoms with Gasteiger partial charge in [-0.1, -0.05) is 11.6 Å². The fourth-order valence-corrected chi connectivity index (χ4v) is 2.54. The fraction of sp³-hybridized carbons (Fsp3) is 0.750. The van der Waals surface area contributed by atoms with E-state index < -0.39 is 0 Å². The smallest absolute Gasteiger partial charge is 0.110 e. The molecule has 0 spiro atoms. The predicted octanol–water partition coefficient (Wildman–Crippen LogP) is 2.52. The van der Waals surface area contributed by atoms with E-state index in [4.69, 9.17) is 0 Å². The lowest BCUT2D eigenvalue weighted by molar-refractivity contribution is 0.319. The van der Waals surface area contributed by atoms with Crippen LogP contribution in [0, 0.1) is 11.3 Å². The van der Waals surface area contributed by atoms with E-state index in [-0.39, 0.29) is 5.54 Å². The topological polar surface area (TPSA) is 35.8 Å². The summed E-state index contributed by atoms with van der Waals surface area (Å²) in [7, 11) is 0. The Morgan fingerprint density at radius 2 is 2.36 bits per heavy atom. The van der Waals surface area contributed by atoms with Gasteiger partial charge in [0.1, 0.15) is 5.54 Å². The Morgan fingerprint density at radius 3 is 2.93 bits per heavy atom. The summed E-state index contributed by atoms with van der Waals surface area (Å²) in [6, 6.07) is 2.49. The predicted molar refractivity (Wildman–Crippen MR) is 56.7 cm³/mol. The SMILES string of the molecule is N#CC1(CC2=CCCC2)CCCCN1. The Hall–Kier alpha value is -0.810. The van der Waals surface area contributed by atoms with Crippen LogP contribution < -0.4 is 5.32 Å². The van der Waals surface area contributed by atoms with Crippen LogP contribution in [0.5, 0.6) is 0 Å². The Labute approximate surface area is 86.0 Å². The molecule has 2 aliphatic rings. The molecule has 1 heterocycles. The highest BCUT2D eigenvalue weighted by Gasteiger charge is 2.32. The molecule has 2 nitrogen and oxygen atoms in total. The molecule has 0 amide bonds. The zero-order valence-electron chi connectivity index (χ0n) is 8.68. The molecule has 2 heteroatoms. The van der Waals surface area contributed by atoms with Gasteiger partial charge in [-0.2, -0.15) is 5.26 Å². The summed E-state index contributed by atoms with van der Waals surface area (Å²) < 4.78 is 0. The Balaban J connectivity index is 2.01. The summed E-state index contributed by atoms with van der Waals surface area (Å²) in [5.74, 6) is 0. The molecule has 1 unspecified atom stereocenters. The summed E-state index contributed by atoms with van der Waals surface area (Å²) in [4.78, 5) is 0. The quantitative estimate of drug-likeness (QED) is 0.679. The molecule has 2 rings (SSSR count). The highest BCUT2D eigenvalue weighted by Crippen LogP contribution is 2.30. The average molecular weight is 190 g/mol. The van der Waals surface area contributed by atoms with Crippen LogP contribution in [0.1, 0.15) is 44.9 Å². The van der Waals surface area contributed by atoms with Crippen molar-refractivity contribution in [3.8, 4) is 6.07 Å². The van der Waals surface area contributed by atoms with Gasteiger partial charge in [-0.15, -0.1) is 0 Å². The molecular formula is C12H18N2. The van der Waals surface area contributed by atoms with Gasteiger partial charge in [0.25, 0.3) is 0 Å². The van der Waals surface area contributed by atoms with Crippen LogP contribution in [0.15, 0.2) is 11.6 Å². The maximum absolute atomic E-state index is 9.26. The summed E-state index contributed by atoms with van der Waals surface area (Å²) in [5.41, 5.74) is 1.27. The number of hydrogen-bond acceptors (Lipinski definition) is 2. The molecule has 0 aromatic rings. The van der Waals surface area contributed by atoms with Gasteiger partial charge in [-0.05, 0) is 51.5 Å². The second-order valence-electron chi connectivity index (χ2n) is 4.51. The van der Waals surface area contributed by atoms with E-state index in [1.165, 1.54) is 37.7 Å². The van der Waals surface area contributed by atoms with Gasteiger partial charge in [0.05, 0.1) is 6.07 Å². The van der Waals surface area contributed by atoms with Gasteiger partial charge >= 0.3 is 0 Å². The molecule has 76 valence electrons. The molecule has 1 N–H and O–H groups in total. The number of nitriles is 1. The summed E-state index contributed by atoms with van der Waals surface area (Å²) in [6.45, 7) is 1.01. The van der Waals surface area contributed by atoms with Crippen molar-refractivity contribution < 1.29 is 0 Å². The average Bonchev–Trinajstić information content (AvgIpc) is 2.72. The molecule has 1 atom stereocenters. The number of nitrogens with zero attached hydrogens (tertiary/aromatic N) is 1. The van der Waals surface area contributed by atoms with E-state index >= 15 is 0 Å². The molecule has 1 aliphatic heterocycles. The summed E-state index contributed by atoms with van der Waals surface area (Å²) in [5, 5.41) is 12.7. The van der Waals surface area contributed by atoms with Crippen molar-refractivity contribution in [1.29, 1.82) is 5.26 Å².